The molecule has 2 atom stereocenters. The van der Waals surface area contributed by atoms with Crippen molar-refractivity contribution >= 4 is 11.6 Å². The minimum atomic E-state index is -0.659. The van der Waals surface area contributed by atoms with Gasteiger partial charge in [0.1, 0.15) is 5.15 Å². The summed E-state index contributed by atoms with van der Waals surface area (Å²) in [7, 11) is 0. The van der Waals surface area contributed by atoms with E-state index in [4.69, 9.17) is 11.6 Å². The fourth-order valence-corrected chi connectivity index (χ4v) is 1.37. The van der Waals surface area contributed by atoms with Crippen molar-refractivity contribution in [1.82, 2.24) is 10.3 Å². The van der Waals surface area contributed by atoms with Crippen LogP contribution in [0.5, 0.6) is 0 Å². The summed E-state index contributed by atoms with van der Waals surface area (Å²) in [5.74, 6) is 0. The first-order valence-electron chi connectivity index (χ1n) is 5.52. The van der Waals surface area contributed by atoms with Crippen molar-refractivity contribution in [3.63, 3.8) is 0 Å². The molecule has 1 heterocycles. The van der Waals surface area contributed by atoms with Crippen LogP contribution < -0.4 is 5.32 Å². The van der Waals surface area contributed by atoms with Crippen LogP contribution in [-0.2, 0) is 0 Å². The first-order valence-corrected chi connectivity index (χ1v) is 5.89. The van der Waals surface area contributed by atoms with Crippen LogP contribution in [-0.4, -0.2) is 22.2 Å². The summed E-state index contributed by atoms with van der Waals surface area (Å²) in [6.45, 7) is 6.40. The minimum absolute atomic E-state index is 0.155. The van der Waals surface area contributed by atoms with Gasteiger partial charge < -0.3 is 10.4 Å². The van der Waals surface area contributed by atoms with Gasteiger partial charge >= 0.3 is 0 Å². The molecule has 90 valence electrons. The van der Waals surface area contributed by atoms with E-state index in [0.717, 1.165) is 12.0 Å². The van der Waals surface area contributed by atoms with Crippen molar-refractivity contribution in [3.8, 4) is 0 Å². The lowest BCUT2D eigenvalue weighted by Gasteiger charge is -2.24. The topological polar surface area (TPSA) is 45.1 Å². The Balaban J connectivity index is 2.53. The molecule has 2 N–H and O–H groups in total. The third kappa shape index (κ3) is 4.08. The van der Waals surface area contributed by atoms with Gasteiger partial charge in [-0.3, -0.25) is 0 Å². The van der Waals surface area contributed by atoms with E-state index in [9.17, 15) is 5.11 Å². The molecular weight excluding hydrogens is 224 g/mol. The van der Waals surface area contributed by atoms with Crippen LogP contribution in [0.4, 0.5) is 0 Å². The summed E-state index contributed by atoms with van der Waals surface area (Å²) in [4.78, 5) is 4.03. The Labute approximate surface area is 102 Å². The maximum atomic E-state index is 9.86. The number of aromatic nitrogens is 1. The first-order chi connectivity index (χ1) is 7.44. The second kappa shape index (κ2) is 5.62. The summed E-state index contributed by atoms with van der Waals surface area (Å²) in [5, 5.41) is 13.6. The number of halogens is 1. The van der Waals surface area contributed by atoms with Crippen LogP contribution in [0.15, 0.2) is 18.3 Å². The summed E-state index contributed by atoms with van der Waals surface area (Å²) in [6.07, 6.45) is 2.48. The quantitative estimate of drug-likeness (QED) is 0.780. The van der Waals surface area contributed by atoms with Gasteiger partial charge in [-0.15, -0.1) is 0 Å². The summed E-state index contributed by atoms with van der Waals surface area (Å²) >= 11 is 5.72. The van der Waals surface area contributed by atoms with Crippen molar-refractivity contribution < 1.29 is 5.11 Å². The predicted molar refractivity (Wildman–Crippen MR) is 66.6 cm³/mol. The highest BCUT2D eigenvalue weighted by atomic mass is 35.5. The molecule has 0 saturated heterocycles. The zero-order valence-electron chi connectivity index (χ0n) is 10.00. The van der Waals surface area contributed by atoms with Gasteiger partial charge in [0.05, 0.1) is 5.60 Å². The molecule has 0 fully saturated rings. The SMILES string of the molecule is CCC(C)(O)CNC(C)c1ccc(Cl)nc1. The molecule has 3 nitrogen and oxygen atoms in total. The van der Waals surface area contributed by atoms with Crippen molar-refractivity contribution in [2.24, 2.45) is 0 Å². The van der Waals surface area contributed by atoms with Gasteiger partial charge in [-0.05, 0) is 31.9 Å². The highest BCUT2D eigenvalue weighted by Gasteiger charge is 2.18. The molecule has 16 heavy (non-hydrogen) atoms. The zero-order valence-corrected chi connectivity index (χ0v) is 10.8. The van der Waals surface area contributed by atoms with E-state index < -0.39 is 5.60 Å². The number of rotatable bonds is 5. The number of nitrogens with one attached hydrogen (secondary N) is 1. The van der Waals surface area contributed by atoms with E-state index in [2.05, 4.69) is 10.3 Å². The second-order valence-electron chi connectivity index (χ2n) is 4.37. The average molecular weight is 243 g/mol. The molecule has 0 spiro atoms. The zero-order chi connectivity index (χ0) is 12.2. The van der Waals surface area contributed by atoms with E-state index in [-0.39, 0.29) is 6.04 Å². The number of hydrogen-bond donors (Lipinski definition) is 2. The summed E-state index contributed by atoms with van der Waals surface area (Å²) < 4.78 is 0. The first kappa shape index (κ1) is 13.4. The van der Waals surface area contributed by atoms with Crippen LogP contribution >= 0.6 is 11.6 Å². The lowest BCUT2D eigenvalue weighted by molar-refractivity contribution is 0.0533. The molecule has 0 radical (unpaired) electrons. The van der Waals surface area contributed by atoms with Crippen LogP contribution in [0.25, 0.3) is 0 Å². The van der Waals surface area contributed by atoms with Gasteiger partial charge in [0.25, 0.3) is 0 Å². The largest absolute Gasteiger partial charge is 0.389 e. The van der Waals surface area contributed by atoms with Gasteiger partial charge in [-0.1, -0.05) is 24.6 Å². The van der Waals surface area contributed by atoms with E-state index >= 15 is 0 Å². The van der Waals surface area contributed by atoms with Crippen LogP contribution in [0.3, 0.4) is 0 Å². The maximum absolute atomic E-state index is 9.86. The van der Waals surface area contributed by atoms with Gasteiger partial charge in [0.15, 0.2) is 0 Å². The Hall–Kier alpha value is -0.640. The highest BCUT2D eigenvalue weighted by molar-refractivity contribution is 6.29. The maximum Gasteiger partial charge on any atom is 0.129 e. The van der Waals surface area contributed by atoms with Crippen LogP contribution in [0.1, 0.15) is 38.8 Å². The molecule has 2 unspecified atom stereocenters. The molecule has 0 aliphatic rings. The van der Waals surface area contributed by atoms with Crippen molar-refractivity contribution in [2.45, 2.75) is 38.8 Å². The highest BCUT2D eigenvalue weighted by Crippen LogP contribution is 2.15. The smallest absolute Gasteiger partial charge is 0.129 e. The molecule has 0 amide bonds. The fourth-order valence-electron chi connectivity index (χ4n) is 1.26. The van der Waals surface area contributed by atoms with Gasteiger partial charge in [0.2, 0.25) is 0 Å². The monoisotopic (exact) mass is 242 g/mol. The molecule has 0 saturated carbocycles. The lowest BCUT2D eigenvalue weighted by Crippen LogP contribution is -2.38. The van der Waals surface area contributed by atoms with E-state index in [1.807, 2.05) is 26.8 Å². The summed E-state index contributed by atoms with van der Waals surface area (Å²) in [5.41, 5.74) is 0.407. The molecule has 0 aromatic carbocycles. The average Bonchev–Trinajstić information content (AvgIpc) is 2.27. The van der Waals surface area contributed by atoms with Crippen LogP contribution in [0.2, 0.25) is 5.15 Å². The standard InChI is InChI=1S/C12H19ClN2O/c1-4-12(3,16)8-15-9(2)10-5-6-11(13)14-7-10/h5-7,9,15-16H,4,8H2,1-3H3. The molecule has 1 aromatic rings. The third-order valence-electron chi connectivity index (χ3n) is 2.80. The second-order valence-corrected chi connectivity index (χ2v) is 4.75. The van der Waals surface area contributed by atoms with Gasteiger partial charge in [-0.2, -0.15) is 0 Å². The number of pyridine rings is 1. The van der Waals surface area contributed by atoms with Crippen molar-refractivity contribution in [2.75, 3.05) is 6.54 Å². The normalized spacial score (nSPS) is 16.8. The molecule has 0 aliphatic carbocycles. The Morgan fingerprint density at radius 1 is 1.56 bits per heavy atom. The Bertz CT molecular complexity index is 324. The van der Waals surface area contributed by atoms with Crippen LogP contribution in [0, 0.1) is 0 Å². The Morgan fingerprint density at radius 2 is 2.25 bits per heavy atom. The van der Waals surface area contributed by atoms with Gasteiger partial charge in [0, 0.05) is 18.8 Å². The summed E-state index contributed by atoms with van der Waals surface area (Å²) in [6, 6.07) is 3.86. The molecule has 1 aromatic heterocycles. The fraction of sp³-hybridized carbons (Fsp3) is 0.583. The number of nitrogens with zero attached hydrogens (tertiary/aromatic N) is 1. The molecule has 0 aliphatic heterocycles. The Morgan fingerprint density at radius 3 is 2.75 bits per heavy atom. The van der Waals surface area contributed by atoms with E-state index in [1.165, 1.54) is 0 Å². The number of aliphatic hydroxyl groups is 1. The molecule has 4 heteroatoms. The van der Waals surface area contributed by atoms with Crippen molar-refractivity contribution in [1.29, 1.82) is 0 Å². The molecular formula is C12H19ClN2O. The van der Waals surface area contributed by atoms with Gasteiger partial charge in [-0.25, -0.2) is 4.98 Å². The predicted octanol–water partition coefficient (Wildman–Crippen LogP) is 2.55. The molecule has 1 rings (SSSR count). The Kier molecular flexibility index (Phi) is 4.71. The minimum Gasteiger partial charge on any atom is -0.389 e. The lowest BCUT2D eigenvalue weighted by atomic mass is 10.0. The number of hydrogen-bond acceptors (Lipinski definition) is 3. The molecule has 0 bridgehead atoms. The third-order valence-corrected chi connectivity index (χ3v) is 3.02. The van der Waals surface area contributed by atoms with Crippen molar-refractivity contribution in [3.05, 3.63) is 29.0 Å². The van der Waals surface area contributed by atoms with E-state index in [1.54, 1.807) is 12.3 Å². The van der Waals surface area contributed by atoms with E-state index in [0.29, 0.717) is 11.7 Å².